The van der Waals surface area contributed by atoms with E-state index in [1.165, 1.54) is 0 Å². The van der Waals surface area contributed by atoms with Crippen LogP contribution in [0.5, 0.6) is 0 Å². The Bertz CT molecular complexity index is 321. The van der Waals surface area contributed by atoms with E-state index < -0.39 is 0 Å². The van der Waals surface area contributed by atoms with Gasteiger partial charge >= 0.3 is 0 Å². The molecule has 2 rings (SSSR count). The van der Waals surface area contributed by atoms with Crippen LogP contribution in [0.25, 0.3) is 0 Å². The van der Waals surface area contributed by atoms with E-state index in [4.69, 9.17) is 10.2 Å². The molecule has 2 atom stereocenters. The van der Waals surface area contributed by atoms with Crippen molar-refractivity contribution in [1.82, 2.24) is 5.32 Å². The maximum absolute atomic E-state index is 11.7. The van der Waals surface area contributed by atoms with Crippen LogP contribution in [0.3, 0.4) is 0 Å². The molecule has 0 radical (unpaired) electrons. The van der Waals surface area contributed by atoms with Crippen molar-refractivity contribution in [2.75, 3.05) is 0 Å². The summed E-state index contributed by atoms with van der Waals surface area (Å²) in [7, 11) is 0. The lowest BCUT2D eigenvalue weighted by molar-refractivity contribution is -0.125. The molecule has 1 saturated carbocycles. The highest BCUT2D eigenvalue weighted by Crippen LogP contribution is 2.23. The van der Waals surface area contributed by atoms with Crippen LogP contribution in [0.15, 0.2) is 23.0 Å². The minimum Gasteiger partial charge on any atom is -0.472 e. The van der Waals surface area contributed by atoms with E-state index in [1.807, 2.05) is 6.07 Å². The molecule has 1 aliphatic carbocycles. The molecule has 2 unspecified atom stereocenters. The van der Waals surface area contributed by atoms with Crippen LogP contribution in [-0.2, 0) is 11.3 Å². The Morgan fingerprint density at radius 3 is 3.07 bits per heavy atom. The summed E-state index contributed by atoms with van der Waals surface area (Å²) in [5, 5.41) is 2.88. The zero-order valence-corrected chi connectivity index (χ0v) is 8.61. The van der Waals surface area contributed by atoms with Crippen LogP contribution in [0.2, 0.25) is 0 Å². The monoisotopic (exact) mass is 208 g/mol. The third-order valence-corrected chi connectivity index (χ3v) is 2.95. The lowest BCUT2D eigenvalue weighted by Crippen LogP contribution is -2.38. The van der Waals surface area contributed by atoms with E-state index in [0.29, 0.717) is 6.54 Å². The Kier molecular flexibility index (Phi) is 3.06. The van der Waals surface area contributed by atoms with Crippen molar-refractivity contribution in [3.63, 3.8) is 0 Å². The molecule has 1 aliphatic rings. The standard InChI is InChI=1S/C11H16N2O2/c12-10-3-1-2-9(10)11(14)13-6-8-4-5-15-7-8/h4-5,7,9-10H,1-3,6,12H2,(H,13,14). The summed E-state index contributed by atoms with van der Waals surface area (Å²) in [5.74, 6) is 0.0677. The summed E-state index contributed by atoms with van der Waals surface area (Å²) in [6.07, 6.45) is 6.17. The van der Waals surface area contributed by atoms with E-state index in [0.717, 1.165) is 24.8 Å². The number of nitrogens with two attached hydrogens (primary N) is 1. The van der Waals surface area contributed by atoms with Gasteiger partial charge in [0.05, 0.1) is 18.4 Å². The molecule has 1 aromatic rings. The molecule has 0 spiro atoms. The number of carbonyl (C=O) groups excluding carboxylic acids is 1. The smallest absolute Gasteiger partial charge is 0.224 e. The molecule has 0 bridgehead atoms. The number of nitrogens with one attached hydrogen (secondary N) is 1. The molecule has 82 valence electrons. The zero-order valence-electron chi connectivity index (χ0n) is 8.61. The van der Waals surface area contributed by atoms with Crippen LogP contribution in [0.4, 0.5) is 0 Å². The third-order valence-electron chi connectivity index (χ3n) is 2.95. The molecule has 0 aromatic carbocycles. The van der Waals surface area contributed by atoms with E-state index in [-0.39, 0.29) is 17.9 Å². The molecular weight excluding hydrogens is 192 g/mol. The quantitative estimate of drug-likeness (QED) is 0.779. The van der Waals surface area contributed by atoms with Crippen LogP contribution in [0, 0.1) is 5.92 Å². The molecule has 0 aliphatic heterocycles. The lowest BCUT2D eigenvalue weighted by Gasteiger charge is -2.14. The van der Waals surface area contributed by atoms with Gasteiger partial charge in [-0.3, -0.25) is 4.79 Å². The molecular formula is C11H16N2O2. The van der Waals surface area contributed by atoms with Crippen molar-refractivity contribution in [3.05, 3.63) is 24.2 Å². The highest BCUT2D eigenvalue weighted by atomic mass is 16.3. The average molecular weight is 208 g/mol. The average Bonchev–Trinajstić information content (AvgIpc) is 2.84. The topological polar surface area (TPSA) is 68.3 Å². The maximum Gasteiger partial charge on any atom is 0.224 e. The highest BCUT2D eigenvalue weighted by molar-refractivity contribution is 5.79. The molecule has 4 heteroatoms. The first kappa shape index (κ1) is 10.2. The third kappa shape index (κ3) is 2.39. The normalized spacial score (nSPS) is 25.4. The largest absolute Gasteiger partial charge is 0.472 e. The van der Waals surface area contributed by atoms with Gasteiger partial charge in [-0.2, -0.15) is 0 Å². The minimum absolute atomic E-state index is 0.00287. The molecule has 0 saturated heterocycles. The first-order valence-corrected chi connectivity index (χ1v) is 5.32. The second-order valence-electron chi connectivity index (χ2n) is 4.05. The Morgan fingerprint density at radius 1 is 1.60 bits per heavy atom. The Morgan fingerprint density at radius 2 is 2.47 bits per heavy atom. The van der Waals surface area contributed by atoms with E-state index in [2.05, 4.69) is 5.32 Å². The predicted octanol–water partition coefficient (Wildman–Crippen LogP) is 1.02. The first-order chi connectivity index (χ1) is 7.27. The molecule has 15 heavy (non-hydrogen) atoms. The van der Waals surface area contributed by atoms with Gasteiger partial charge in [0.1, 0.15) is 0 Å². The van der Waals surface area contributed by atoms with Crippen molar-refractivity contribution in [2.45, 2.75) is 31.8 Å². The van der Waals surface area contributed by atoms with Crippen molar-refractivity contribution >= 4 is 5.91 Å². The lowest BCUT2D eigenvalue weighted by atomic mass is 10.0. The van der Waals surface area contributed by atoms with Crippen molar-refractivity contribution in [3.8, 4) is 0 Å². The molecule has 1 fully saturated rings. The Labute approximate surface area is 88.8 Å². The number of hydrogen-bond donors (Lipinski definition) is 2. The molecule has 1 amide bonds. The summed E-state index contributed by atoms with van der Waals surface area (Å²) in [6, 6.07) is 1.88. The summed E-state index contributed by atoms with van der Waals surface area (Å²) in [4.78, 5) is 11.7. The van der Waals surface area contributed by atoms with Gasteiger partial charge in [0, 0.05) is 18.2 Å². The fraction of sp³-hybridized carbons (Fsp3) is 0.545. The van der Waals surface area contributed by atoms with E-state index in [9.17, 15) is 4.79 Å². The Hall–Kier alpha value is -1.29. The predicted molar refractivity (Wildman–Crippen MR) is 55.9 cm³/mol. The van der Waals surface area contributed by atoms with Gasteiger partial charge < -0.3 is 15.5 Å². The molecule has 1 aromatic heterocycles. The maximum atomic E-state index is 11.7. The Balaban J connectivity index is 1.82. The van der Waals surface area contributed by atoms with Gasteiger partial charge in [-0.25, -0.2) is 0 Å². The fourth-order valence-corrected chi connectivity index (χ4v) is 2.03. The van der Waals surface area contributed by atoms with E-state index >= 15 is 0 Å². The van der Waals surface area contributed by atoms with Crippen molar-refractivity contribution in [1.29, 1.82) is 0 Å². The van der Waals surface area contributed by atoms with Crippen LogP contribution >= 0.6 is 0 Å². The first-order valence-electron chi connectivity index (χ1n) is 5.32. The van der Waals surface area contributed by atoms with Gasteiger partial charge in [0.15, 0.2) is 0 Å². The minimum atomic E-state index is -0.00287. The number of furan rings is 1. The van der Waals surface area contributed by atoms with Crippen molar-refractivity contribution < 1.29 is 9.21 Å². The van der Waals surface area contributed by atoms with Gasteiger partial charge in [-0.05, 0) is 18.9 Å². The van der Waals surface area contributed by atoms with Crippen LogP contribution < -0.4 is 11.1 Å². The second kappa shape index (κ2) is 4.49. The summed E-state index contributed by atoms with van der Waals surface area (Å²) in [6.45, 7) is 0.526. The zero-order chi connectivity index (χ0) is 10.7. The SMILES string of the molecule is NC1CCCC1C(=O)NCc1ccoc1. The van der Waals surface area contributed by atoms with Gasteiger partial charge in [-0.15, -0.1) is 0 Å². The van der Waals surface area contributed by atoms with Gasteiger partial charge in [0.25, 0.3) is 0 Å². The number of hydrogen-bond acceptors (Lipinski definition) is 3. The second-order valence-corrected chi connectivity index (χ2v) is 4.05. The fourth-order valence-electron chi connectivity index (χ4n) is 2.03. The highest BCUT2D eigenvalue weighted by Gasteiger charge is 2.29. The molecule has 3 N–H and O–H groups in total. The number of carbonyl (C=O) groups is 1. The van der Waals surface area contributed by atoms with Crippen LogP contribution in [0.1, 0.15) is 24.8 Å². The number of rotatable bonds is 3. The van der Waals surface area contributed by atoms with E-state index in [1.54, 1.807) is 12.5 Å². The van der Waals surface area contributed by atoms with Gasteiger partial charge in [0.2, 0.25) is 5.91 Å². The summed E-state index contributed by atoms with van der Waals surface area (Å²) in [5.41, 5.74) is 6.83. The van der Waals surface area contributed by atoms with Crippen LogP contribution in [-0.4, -0.2) is 11.9 Å². The molecule has 1 heterocycles. The summed E-state index contributed by atoms with van der Waals surface area (Å²) < 4.78 is 4.92. The summed E-state index contributed by atoms with van der Waals surface area (Å²) >= 11 is 0. The molecule has 4 nitrogen and oxygen atoms in total. The van der Waals surface area contributed by atoms with Crippen molar-refractivity contribution in [2.24, 2.45) is 11.7 Å². The number of amides is 1. The van der Waals surface area contributed by atoms with Gasteiger partial charge in [-0.1, -0.05) is 6.42 Å².